The molecule has 1 saturated carbocycles. The predicted molar refractivity (Wildman–Crippen MR) is 97.5 cm³/mol. The molecule has 0 spiro atoms. The Labute approximate surface area is 156 Å². The highest BCUT2D eigenvalue weighted by atomic mass is 19.3. The lowest BCUT2D eigenvalue weighted by atomic mass is 9.68. The zero-order valence-electron chi connectivity index (χ0n) is 14.7. The number of rotatable bonds is 4. The summed E-state index contributed by atoms with van der Waals surface area (Å²) in [6, 6.07) is 12.2. The number of benzene rings is 2. The number of fused-ring (bicyclic) bond motifs is 3. The maximum atomic E-state index is 12.6. The van der Waals surface area contributed by atoms with Crippen molar-refractivity contribution >= 4 is 11.7 Å². The highest BCUT2D eigenvalue weighted by Gasteiger charge is 2.38. The van der Waals surface area contributed by atoms with E-state index in [4.69, 9.17) is 5.11 Å². The Kier molecular flexibility index (Phi) is 4.72. The third-order valence-corrected chi connectivity index (χ3v) is 5.72. The molecule has 1 heterocycles. The molecule has 2 aromatic carbocycles. The van der Waals surface area contributed by atoms with E-state index >= 15 is 0 Å². The first-order chi connectivity index (χ1) is 13.0. The third kappa shape index (κ3) is 3.48. The zero-order chi connectivity index (χ0) is 19.0. The highest BCUT2D eigenvalue weighted by Crippen LogP contribution is 2.51. The van der Waals surface area contributed by atoms with Crippen LogP contribution < -0.4 is 10.1 Å². The van der Waals surface area contributed by atoms with Crippen LogP contribution >= 0.6 is 0 Å². The van der Waals surface area contributed by atoms with E-state index in [1.54, 1.807) is 30.3 Å². The second kappa shape index (κ2) is 7.18. The van der Waals surface area contributed by atoms with Gasteiger partial charge in [-0.25, -0.2) is 4.79 Å². The number of nitrogens with one attached hydrogen (secondary N) is 1. The van der Waals surface area contributed by atoms with Crippen molar-refractivity contribution < 1.29 is 23.4 Å². The molecule has 1 aliphatic carbocycles. The zero-order valence-corrected chi connectivity index (χ0v) is 14.7. The number of alkyl halides is 2. The SMILES string of the molecule is O=C(O)c1ccc([C@H]2Nc3ccc(OC(F)F)cc3[C@@H]3CCCC[C@H]23)cc1. The van der Waals surface area contributed by atoms with Crippen molar-refractivity contribution in [2.24, 2.45) is 5.92 Å². The van der Waals surface area contributed by atoms with Crippen LogP contribution in [0.15, 0.2) is 42.5 Å². The van der Waals surface area contributed by atoms with Crippen molar-refractivity contribution in [3.63, 3.8) is 0 Å². The number of hydrogen-bond donors (Lipinski definition) is 2. The Hall–Kier alpha value is -2.63. The predicted octanol–water partition coefficient (Wildman–Crippen LogP) is 5.43. The quantitative estimate of drug-likeness (QED) is 0.751. The second-order valence-electron chi connectivity index (χ2n) is 7.23. The average Bonchev–Trinajstić information content (AvgIpc) is 2.67. The topological polar surface area (TPSA) is 58.6 Å². The lowest BCUT2D eigenvalue weighted by molar-refractivity contribution is -0.0499. The fourth-order valence-corrected chi connectivity index (χ4v) is 4.54. The van der Waals surface area contributed by atoms with Crippen molar-refractivity contribution in [3.05, 3.63) is 59.2 Å². The van der Waals surface area contributed by atoms with E-state index in [0.717, 1.165) is 42.5 Å². The molecule has 3 atom stereocenters. The minimum absolute atomic E-state index is 0.0764. The Morgan fingerprint density at radius 3 is 2.56 bits per heavy atom. The summed E-state index contributed by atoms with van der Waals surface area (Å²) in [6.45, 7) is -2.83. The fourth-order valence-electron chi connectivity index (χ4n) is 4.54. The Balaban J connectivity index is 1.68. The monoisotopic (exact) mass is 373 g/mol. The van der Waals surface area contributed by atoms with E-state index in [-0.39, 0.29) is 23.3 Å². The standard InChI is InChI=1S/C21H21F2NO3/c22-21(23)27-14-9-10-18-17(11-14)15-3-1-2-4-16(15)19(24-18)12-5-7-13(8-6-12)20(25)26/h5-11,15-16,19,21,24H,1-4H2,(H,25,26)/t15-,16+,19-/m1/s1. The number of aromatic carboxylic acids is 1. The number of halogens is 2. The molecular weight excluding hydrogens is 352 g/mol. The summed E-state index contributed by atoms with van der Waals surface area (Å²) in [5.74, 6) is -0.131. The molecule has 142 valence electrons. The molecular formula is C21H21F2NO3. The third-order valence-electron chi connectivity index (χ3n) is 5.72. The van der Waals surface area contributed by atoms with E-state index < -0.39 is 12.6 Å². The Morgan fingerprint density at radius 1 is 1.11 bits per heavy atom. The van der Waals surface area contributed by atoms with Gasteiger partial charge in [0, 0.05) is 5.69 Å². The molecule has 4 rings (SSSR count). The maximum absolute atomic E-state index is 12.6. The second-order valence-corrected chi connectivity index (χ2v) is 7.23. The van der Waals surface area contributed by atoms with Gasteiger partial charge in [0.25, 0.3) is 0 Å². The highest BCUT2D eigenvalue weighted by molar-refractivity contribution is 5.87. The van der Waals surface area contributed by atoms with E-state index in [2.05, 4.69) is 10.1 Å². The molecule has 6 heteroatoms. The van der Waals surface area contributed by atoms with Gasteiger partial charge < -0.3 is 15.2 Å². The van der Waals surface area contributed by atoms with Crippen LogP contribution in [0, 0.1) is 5.92 Å². The van der Waals surface area contributed by atoms with Crippen LogP contribution in [0.1, 0.15) is 59.1 Å². The van der Waals surface area contributed by atoms with Crippen LogP contribution in [-0.4, -0.2) is 17.7 Å². The van der Waals surface area contributed by atoms with Gasteiger partial charge >= 0.3 is 12.6 Å². The molecule has 4 nitrogen and oxygen atoms in total. The number of carboxylic acid groups (broad SMARTS) is 1. The van der Waals surface area contributed by atoms with Gasteiger partial charge in [-0.1, -0.05) is 25.0 Å². The molecule has 1 fully saturated rings. The summed E-state index contributed by atoms with van der Waals surface area (Å²) >= 11 is 0. The smallest absolute Gasteiger partial charge is 0.387 e. The minimum Gasteiger partial charge on any atom is -0.478 e. The van der Waals surface area contributed by atoms with Crippen LogP contribution in [0.2, 0.25) is 0 Å². The maximum Gasteiger partial charge on any atom is 0.387 e. The largest absolute Gasteiger partial charge is 0.478 e. The van der Waals surface area contributed by atoms with E-state index in [9.17, 15) is 13.6 Å². The number of carbonyl (C=O) groups is 1. The molecule has 2 N–H and O–H groups in total. The molecule has 0 bridgehead atoms. The molecule has 2 aromatic rings. The molecule has 2 aliphatic rings. The molecule has 27 heavy (non-hydrogen) atoms. The van der Waals surface area contributed by atoms with Gasteiger partial charge in [-0.2, -0.15) is 8.78 Å². The lowest BCUT2D eigenvalue weighted by Gasteiger charge is -2.44. The van der Waals surface area contributed by atoms with Crippen molar-refractivity contribution in [2.75, 3.05) is 5.32 Å². The normalized spacial score (nSPS) is 23.9. The summed E-state index contributed by atoms with van der Waals surface area (Å²) in [6.07, 6.45) is 4.31. The van der Waals surface area contributed by atoms with E-state index in [1.165, 1.54) is 0 Å². The number of anilines is 1. The first kappa shape index (κ1) is 17.8. The Morgan fingerprint density at radius 2 is 1.85 bits per heavy atom. The van der Waals surface area contributed by atoms with Gasteiger partial charge in [-0.15, -0.1) is 0 Å². The average molecular weight is 373 g/mol. The summed E-state index contributed by atoms with van der Waals surface area (Å²) in [5.41, 5.74) is 3.29. The fraction of sp³-hybridized carbons (Fsp3) is 0.381. The lowest BCUT2D eigenvalue weighted by Crippen LogP contribution is -2.33. The molecule has 0 saturated heterocycles. The summed E-state index contributed by atoms with van der Waals surface area (Å²) < 4.78 is 29.7. The molecule has 1 aliphatic heterocycles. The van der Waals surface area contributed by atoms with Gasteiger partial charge in [0.1, 0.15) is 5.75 Å². The molecule has 0 radical (unpaired) electrons. The number of hydrogen-bond acceptors (Lipinski definition) is 3. The van der Waals surface area contributed by atoms with Crippen LogP contribution in [-0.2, 0) is 0 Å². The summed E-state index contributed by atoms with van der Waals surface area (Å²) in [4.78, 5) is 11.1. The van der Waals surface area contributed by atoms with Crippen LogP contribution in [0.5, 0.6) is 5.75 Å². The minimum atomic E-state index is -2.83. The van der Waals surface area contributed by atoms with Crippen molar-refractivity contribution in [3.8, 4) is 5.75 Å². The number of ether oxygens (including phenoxy) is 1. The van der Waals surface area contributed by atoms with Gasteiger partial charge in [-0.05, 0) is 66.1 Å². The van der Waals surface area contributed by atoms with Crippen molar-refractivity contribution in [1.82, 2.24) is 0 Å². The summed E-state index contributed by atoms with van der Waals surface area (Å²) in [5, 5.41) is 12.7. The number of carboxylic acids is 1. The summed E-state index contributed by atoms with van der Waals surface area (Å²) in [7, 11) is 0. The van der Waals surface area contributed by atoms with E-state index in [0.29, 0.717) is 5.92 Å². The first-order valence-corrected chi connectivity index (χ1v) is 9.21. The van der Waals surface area contributed by atoms with Crippen molar-refractivity contribution in [2.45, 2.75) is 44.3 Å². The Bertz CT molecular complexity index is 838. The van der Waals surface area contributed by atoms with Crippen LogP contribution in [0.25, 0.3) is 0 Å². The van der Waals surface area contributed by atoms with Gasteiger partial charge in [0.2, 0.25) is 0 Å². The first-order valence-electron chi connectivity index (χ1n) is 9.21. The molecule has 0 amide bonds. The molecule has 0 unspecified atom stereocenters. The van der Waals surface area contributed by atoms with Gasteiger partial charge in [-0.3, -0.25) is 0 Å². The van der Waals surface area contributed by atoms with E-state index in [1.807, 2.05) is 12.1 Å². The van der Waals surface area contributed by atoms with Gasteiger partial charge in [0.05, 0.1) is 11.6 Å². The van der Waals surface area contributed by atoms with Gasteiger partial charge in [0.15, 0.2) is 0 Å². The van der Waals surface area contributed by atoms with Crippen LogP contribution in [0.4, 0.5) is 14.5 Å². The van der Waals surface area contributed by atoms with Crippen molar-refractivity contribution in [1.29, 1.82) is 0 Å². The molecule has 0 aromatic heterocycles. The van der Waals surface area contributed by atoms with Crippen LogP contribution in [0.3, 0.4) is 0 Å².